The average molecular weight is 504 g/mol. The summed E-state index contributed by atoms with van der Waals surface area (Å²) in [5.74, 6) is 1.08. The molecule has 0 saturated carbocycles. The molecule has 0 aliphatic heterocycles. The maximum absolute atomic E-state index is 13.7. The number of anilines is 1. The Kier molecular flexibility index (Phi) is 7.71. The van der Waals surface area contributed by atoms with Gasteiger partial charge in [-0.2, -0.15) is 0 Å². The molecule has 0 aliphatic carbocycles. The number of hydrogen-bond donors (Lipinski definition) is 2. The van der Waals surface area contributed by atoms with Crippen molar-refractivity contribution in [2.45, 2.75) is 19.4 Å². The molecular weight excluding hydrogens is 486 g/mol. The first-order valence-electron chi connectivity index (χ1n) is 8.86. The van der Waals surface area contributed by atoms with Crippen LogP contribution < -0.4 is 15.6 Å². The summed E-state index contributed by atoms with van der Waals surface area (Å²) >= 11 is 1.54. The third-order valence-electron chi connectivity index (χ3n) is 4.05. The van der Waals surface area contributed by atoms with E-state index in [9.17, 15) is 4.39 Å². The minimum atomic E-state index is -0.350. The van der Waals surface area contributed by atoms with Crippen LogP contribution in [0, 0.1) is 5.82 Å². The summed E-state index contributed by atoms with van der Waals surface area (Å²) in [6, 6.07) is 2.95. The predicted octanol–water partition coefficient (Wildman–Crippen LogP) is 1.96. The molecule has 11 heteroatoms. The van der Waals surface area contributed by atoms with Crippen molar-refractivity contribution in [3.63, 3.8) is 0 Å². The molecule has 0 atom stereocenters. The van der Waals surface area contributed by atoms with E-state index in [4.69, 9.17) is 0 Å². The quantitative estimate of drug-likeness (QED) is 0.264. The second kappa shape index (κ2) is 10.5. The van der Waals surface area contributed by atoms with Crippen LogP contribution in [0.5, 0.6) is 0 Å². The van der Waals surface area contributed by atoms with Crippen LogP contribution in [-0.2, 0) is 39.8 Å². The number of halogens is 1. The fourth-order valence-electron chi connectivity index (χ4n) is 2.67. The molecule has 0 unspecified atom stereocenters. The number of imidazole rings is 1. The number of rotatable bonds is 9. The van der Waals surface area contributed by atoms with Gasteiger partial charge in [0, 0.05) is 39.6 Å². The Labute approximate surface area is 184 Å². The van der Waals surface area contributed by atoms with Crippen molar-refractivity contribution in [2.75, 3.05) is 18.4 Å². The molecule has 4 heterocycles. The number of aromatic nitrogens is 6. The van der Waals surface area contributed by atoms with E-state index in [1.165, 1.54) is 23.7 Å². The maximum atomic E-state index is 13.7. The average Bonchev–Trinajstić information content (AvgIpc) is 3.36. The molecule has 0 aromatic carbocycles. The zero-order chi connectivity index (χ0) is 19.2. The molecule has 0 spiro atoms. The van der Waals surface area contributed by atoms with E-state index < -0.39 is 0 Å². The van der Waals surface area contributed by atoms with Crippen LogP contribution in [0.2, 0.25) is 0 Å². The van der Waals surface area contributed by atoms with Crippen molar-refractivity contribution in [3.05, 3.63) is 59.4 Å². The topological polar surface area (TPSA) is 103 Å². The standard InChI is InChI=1S/C18H18FN8S.Pd/c19-12-2-1-5-21-13(12)10-24-17-16-18(26-11-25-17)28-15(27-16)4-7-20-6-3-14-22-8-9-23-14;/h1-2,5,8-9,11,20H,3-4,6-7,10H2,(H-,22,23,24,25,26);/q-1;. The molecular formula is C18H18FN8PdS-. The van der Waals surface area contributed by atoms with Crippen molar-refractivity contribution < 1.29 is 24.8 Å². The fraction of sp³-hybridized carbons (Fsp3) is 0.278. The molecule has 4 aromatic heterocycles. The van der Waals surface area contributed by atoms with Crippen molar-refractivity contribution in [1.29, 1.82) is 0 Å². The summed E-state index contributed by atoms with van der Waals surface area (Å²) in [5.41, 5.74) is 1.03. The Morgan fingerprint density at radius 3 is 2.79 bits per heavy atom. The molecule has 154 valence electrons. The van der Waals surface area contributed by atoms with Gasteiger partial charge < -0.3 is 20.6 Å². The van der Waals surface area contributed by atoms with Crippen LogP contribution in [-0.4, -0.2) is 38.0 Å². The van der Waals surface area contributed by atoms with E-state index in [-0.39, 0.29) is 32.8 Å². The smallest absolute Gasteiger partial charge is 0.157 e. The van der Waals surface area contributed by atoms with Gasteiger partial charge in [-0.1, -0.05) is 29.6 Å². The first-order valence-corrected chi connectivity index (χ1v) is 9.68. The van der Waals surface area contributed by atoms with Gasteiger partial charge in [-0.15, -0.1) is 0 Å². The van der Waals surface area contributed by atoms with E-state index in [2.05, 4.69) is 40.5 Å². The number of nitrogens with zero attached hydrogens (tertiary/aromatic N) is 6. The minimum absolute atomic E-state index is 0. The molecule has 0 fully saturated rings. The van der Waals surface area contributed by atoms with E-state index in [1.54, 1.807) is 24.7 Å². The van der Waals surface area contributed by atoms with Gasteiger partial charge in [-0.3, -0.25) is 4.98 Å². The Morgan fingerprint density at radius 1 is 1.07 bits per heavy atom. The summed E-state index contributed by atoms with van der Waals surface area (Å²) in [6.45, 7) is 1.85. The molecule has 8 nitrogen and oxygen atoms in total. The van der Waals surface area contributed by atoms with Crippen LogP contribution in [0.3, 0.4) is 0 Å². The molecule has 0 aliphatic rings. The second-order valence-electron chi connectivity index (χ2n) is 5.99. The Balaban J connectivity index is 0.00000240. The van der Waals surface area contributed by atoms with Crippen molar-refractivity contribution in [2.24, 2.45) is 0 Å². The zero-order valence-corrected chi connectivity index (χ0v) is 17.7. The van der Waals surface area contributed by atoms with Crippen molar-refractivity contribution in [3.8, 4) is 0 Å². The van der Waals surface area contributed by atoms with Crippen LogP contribution in [0.1, 0.15) is 16.5 Å². The van der Waals surface area contributed by atoms with Crippen molar-refractivity contribution >= 4 is 27.5 Å². The van der Waals surface area contributed by atoms with Gasteiger partial charge >= 0.3 is 0 Å². The maximum Gasteiger partial charge on any atom is 0.157 e. The SMILES string of the molecule is Fc1cccnc1CNc1ncnc2sc(CCNCCc3ncc[n-]3)nc12.[Pd]. The normalized spacial score (nSPS) is 10.8. The third kappa shape index (κ3) is 5.61. The first-order chi connectivity index (χ1) is 13.8. The van der Waals surface area contributed by atoms with Gasteiger partial charge in [0.15, 0.2) is 5.82 Å². The molecule has 29 heavy (non-hydrogen) atoms. The minimum Gasteiger partial charge on any atom is -0.446 e. The summed E-state index contributed by atoms with van der Waals surface area (Å²) in [4.78, 5) is 26.3. The molecule has 2 N–H and O–H groups in total. The van der Waals surface area contributed by atoms with Crippen LogP contribution >= 0.6 is 11.3 Å². The first kappa shape index (κ1) is 21.4. The monoisotopic (exact) mass is 503 g/mol. The van der Waals surface area contributed by atoms with E-state index in [0.717, 1.165) is 41.6 Å². The van der Waals surface area contributed by atoms with Gasteiger partial charge in [-0.25, -0.2) is 19.3 Å². The zero-order valence-electron chi connectivity index (χ0n) is 15.3. The Hall–Kier alpha value is -2.32. The second-order valence-corrected chi connectivity index (χ2v) is 7.05. The number of thiazole rings is 1. The van der Waals surface area contributed by atoms with E-state index in [1.807, 2.05) is 0 Å². The molecule has 0 saturated heterocycles. The third-order valence-corrected chi connectivity index (χ3v) is 5.08. The number of hydrogen-bond acceptors (Lipinski definition) is 8. The van der Waals surface area contributed by atoms with Gasteiger partial charge in [0.25, 0.3) is 0 Å². The van der Waals surface area contributed by atoms with Crippen LogP contribution in [0.15, 0.2) is 37.1 Å². The fourth-order valence-corrected chi connectivity index (χ4v) is 3.57. The predicted molar refractivity (Wildman–Crippen MR) is 105 cm³/mol. The van der Waals surface area contributed by atoms with Crippen LogP contribution in [0.4, 0.5) is 10.2 Å². The number of fused-ring (bicyclic) bond motifs is 1. The summed E-state index contributed by atoms with van der Waals surface area (Å²) in [5, 5.41) is 7.45. The van der Waals surface area contributed by atoms with Gasteiger partial charge in [0.2, 0.25) is 0 Å². The Bertz CT molecular complexity index is 1040. The molecule has 0 radical (unpaired) electrons. The van der Waals surface area contributed by atoms with Gasteiger partial charge in [0.1, 0.15) is 22.5 Å². The summed E-state index contributed by atoms with van der Waals surface area (Å²) in [7, 11) is 0. The largest absolute Gasteiger partial charge is 0.446 e. The molecule has 0 amide bonds. The summed E-state index contributed by atoms with van der Waals surface area (Å²) < 4.78 is 13.7. The number of nitrogens with one attached hydrogen (secondary N) is 2. The Morgan fingerprint density at radius 2 is 1.97 bits per heavy atom. The van der Waals surface area contributed by atoms with E-state index in [0.29, 0.717) is 17.0 Å². The molecule has 4 aromatic rings. The van der Waals surface area contributed by atoms with Crippen molar-refractivity contribution in [1.82, 2.24) is 35.2 Å². The van der Waals surface area contributed by atoms with Crippen LogP contribution in [0.25, 0.3) is 10.3 Å². The van der Waals surface area contributed by atoms with E-state index >= 15 is 0 Å². The summed E-state index contributed by atoms with van der Waals surface area (Å²) in [6.07, 6.45) is 8.04. The number of pyridine rings is 1. The molecule has 0 bridgehead atoms. The van der Waals surface area contributed by atoms with Gasteiger partial charge in [-0.05, 0) is 25.1 Å². The van der Waals surface area contributed by atoms with Gasteiger partial charge in [0.05, 0.1) is 17.2 Å². The molecule has 4 rings (SSSR count).